The zero-order valence-corrected chi connectivity index (χ0v) is 12.7. The van der Waals surface area contributed by atoms with Gasteiger partial charge in [-0.2, -0.15) is 0 Å². The van der Waals surface area contributed by atoms with Gasteiger partial charge in [0.2, 0.25) is 0 Å². The van der Waals surface area contributed by atoms with Gasteiger partial charge in [0.25, 0.3) is 0 Å². The number of benzene rings is 1. The summed E-state index contributed by atoms with van der Waals surface area (Å²) in [5.74, 6) is 0.931. The molecule has 4 heteroatoms. The van der Waals surface area contributed by atoms with Crippen molar-refractivity contribution in [3.63, 3.8) is 0 Å². The van der Waals surface area contributed by atoms with Crippen LogP contribution in [0, 0.1) is 0 Å². The van der Waals surface area contributed by atoms with Gasteiger partial charge in [0.15, 0.2) is 0 Å². The summed E-state index contributed by atoms with van der Waals surface area (Å²) in [4.78, 5) is 1.20. The average molecular weight is 281 g/mol. The van der Waals surface area contributed by atoms with Gasteiger partial charge in [0.05, 0.1) is 12.2 Å². The molecule has 0 spiro atoms. The highest BCUT2D eigenvalue weighted by Gasteiger charge is 2.26. The van der Waals surface area contributed by atoms with E-state index in [-0.39, 0.29) is 18.3 Å². The van der Waals surface area contributed by atoms with Crippen LogP contribution in [0.4, 0.5) is 0 Å². The van der Waals surface area contributed by atoms with Gasteiger partial charge >= 0.3 is 0 Å². The van der Waals surface area contributed by atoms with Crippen molar-refractivity contribution in [2.75, 3.05) is 6.26 Å². The molecule has 0 bridgehead atoms. The molecule has 2 rings (SSSR count). The first-order valence-corrected chi connectivity index (χ1v) is 8.04. The van der Waals surface area contributed by atoms with Gasteiger partial charge in [-0.05, 0) is 32.2 Å². The Labute approximate surface area is 119 Å². The van der Waals surface area contributed by atoms with Gasteiger partial charge in [-0.25, -0.2) is 0 Å². The molecule has 0 radical (unpaired) electrons. The minimum absolute atomic E-state index is 0.223. The summed E-state index contributed by atoms with van der Waals surface area (Å²) >= 11 is 1.71. The minimum atomic E-state index is 0.223. The van der Waals surface area contributed by atoms with Crippen molar-refractivity contribution < 1.29 is 9.47 Å². The zero-order valence-electron chi connectivity index (χ0n) is 11.9. The van der Waals surface area contributed by atoms with Crippen LogP contribution in [0.2, 0.25) is 0 Å². The summed E-state index contributed by atoms with van der Waals surface area (Å²) in [6.45, 7) is 4.73. The molecule has 2 N–H and O–H groups in total. The van der Waals surface area contributed by atoms with Crippen LogP contribution in [0.5, 0.6) is 5.75 Å². The van der Waals surface area contributed by atoms with E-state index in [4.69, 9.17) is 15.2 Å². The Balaban J connectivity index is 2.14. The van der Waals surface area contributed by atoms with Crippen LogP contribution in [-0.2, 0) is 11.3 Å². The summed E-state index contributed by atoms with van der Waals surface area (Å²) in [7, 11) is 0. The first-order valence-electron chi connectivity index (χ1n) is 6.82. The predicted octanol–water partition coefficient (Wildman–Crippen LogP) is 3.20. The standard InChI is InChI=1S/C15H23NO2S/c1-10-7-12(8-11(2)17-10)18-14-5-4-6-15(19-3)13(14)9-16/h4-6,10-12H,7-9,16H2,1-3H3. The second-order valence-electron chi connectivity index (χ2n) is 5.11. The van der Waals surface area contributed by atoms with E-state index in [2.05, 4.69) is 26.2 Å². The fourth-order valence-electron chi connectivity index (χ4n) is 2.67. The van der Waals surface area contributed by atoms with E-state index in [9.17, 15) is 0 Å². The van der Waals surface area contributed by atoms with Crippen LogP contribution in [0.1, 0.15) is 32.3 Å². The van der Waals surface area contributed by atoms with Crippen molar-refractivity contribution in [1.82, 2.24) is 0 Å². The quantitative estimate of drug-likeness (QED) is 0.861. The van der Waals surface area contributed by atoms with Crippen LogP contribution in [0.3, 0.4) is 0 Å². The Bertz CT molecular complexity index is 415. The third-order valence-corrected chi connectivity index (χ3v) is 4.28. The van der Waals surface area contributed by atoms with Gasteiger partial charge < -0.3 is 15.2 Å². The van der Waals surface area contributed by atoms with E-state index in [1.54, 1.807) is 11.8 Å². The van der Waals surface area contributed by atoms with Crippen LogP contribution in [-0.4, -0.2) is 24.6 Å². The molecule has 1 aromatic rings. The Morgan fingerprint density at radius 3 is 2.58 bits per heavy atom. The third kappa shape index (κ3) is 3.65. The molecule has 1 aromatic carbocycles. The van der Waals surface area contributed by atoms with Crippen molar-refractivity contribution in [2.45, 2.75) is 56.4 Å². The van der Waals surface area contributed by atoms with Crippen LogP contribution in [0.25, 0.3) is 0 Å². The lowest BCUT2D eigenvalue weighted by molar-refractivity contribution is -0.0723. The summed E-state index contributed by atoms with van der Waals surface area (Å²) in [6, 6.07) is 6.15. The molecule has 1 fully saturated rings. The van der Waals surface area contributed by atoms with Gasteiger partial charge in [0.1, 0.15) is 11.9 Å². The number of nitrogens with two attached hydrogens (primary N) is 1. The van der Waals surface area contributed by atoms with Gasteiger partial charge in [-0.3, -0.25) is 0 Å². The Morgan fingerprint density at radius 1 is 1.32 bits per heavy atom. The molecule has 19 heavy (non-hydrogen) atoms. The topological polar surface area (TPSA) is 44.5 Å². The number of thioether (sulfide) groups is 1. The van der Waals surface area contributed by atoms with Gasteiger partial charge in [-0.1, -0.05) is 6.07 Å². The largest absolute Gasteiger partial charge is 0.490 e. The lowest BCUT2D eigenvalue weighted by Gasteiger charge is -2.32. The van der Waals surface area contributed by atoms with E-state index >= 15 is 0 Å². The molecule has 1 aliphatic rings. The third-order valence-electron chi connectivity index (χ3n) is 3.46. The van der Waals surface area contributed by atoms with E-state index in [0.717, 1.165) is 24.2 Å². The van der Waals surface area contributed by atoms with Crippen molar-refractivity contribution in [3.8, 4) is 5.75 Å². The second kappa shape index (κ2) is 6.64. The summed E-state index contributed by atoms with van der Waals surface area (Å²) in [5.41, 5.74) is 6.98. The second-order valence-corrected chi connectivity index (χ2v) is 5.96. The Kier molecular flexibility index (Phi) is 5.13. The molecule has 0 aromatic heterocycles. The molecule has 0 amide bonds. The molecular weight excluding hydrogens is 258 g/mol. The smallest absolute Gasteiger partial charge is 0.125 e. The first kappa shape index (κ1) is 14.7. The highest BCUT2D eigenvalue weighted by atomic mass is 32.2. The van der Waals surface area contributed by atoms with Crippen molar-refractivity contribution in [3.05, 3.63) is 23.8 Å². The minimum Gasteiger partial charge on any atom is -0.490 e. The Morgan fingerprint density at radius 2 is 2.00 bits per heavy atom. The molecule has 0 aliphatic carbocycles. The SMILES string of the molecule is CSc1cccc(OC2CC(C)OC(C)C2)c1CN. The molecule has 1 aliphatic heterocycles. The number of ether oxygens (including phenoxy) is 2. The van der Waals surface area contributed by atoms with E-state index < -0.39 is 0 Å². The van der Waals surface area contributed by atoms with Gasteiger partial charge in [0, 0.05) is 29.8 Å². The maximum Gasteiger partial charge on any atom is 0.125 e. The molecular formula is C15H23NO2S. The monoisotopic (exact) mass is 281 g/mol. The molecule has 3 nitrogen and oxygen atoms in total. The summed E-state index contributed by atoms with van der Waals surface area (Å²) in [6.07, 6.45) is 4.70. The van der Waals surface area contributed by atoms with Crippen molar-refractivity contribution >= 4 is 11.8 Å². The Hall–Kier alpha value is -0.710. The fraction of sp³-hybridized carbons (Fsp3) is 0.600. The average Bonchev–Trinajstić information content (AvgIpc) is 2.37. The van der Waals surface area contributed by atoms with E-state index in [0.29, 0.717) is 6.54 Å². The number of rotatable bonds is 4. The summed E-state index contributed by atoms with van der Waals surface area (Å²) < 4.78 is 11.9. The van der Waals surface area contributed by atoms with Crippen LogP contribution in [0.15, 0.2) is 23.1 Å². The normalized spacial score (nSPS) is 27.3. The van der Waals surface area contributed by atoms with Crippen molar-refractivity contribution in [1.29, 1.82) is 0 Å². The van der Waals surface area contributed by atoms with Gasteiger partial charge in [-0.15, -0.1) is 11.8 Å². The maximum atomic E-state index is 6.19. The molecule has 1 saturated heterocycles. The molecule has 106 valence electrons. The van der Waals surface area contributed by atoms with Crippen molar-refractivity contribution in [2.24, 2.45) is 5.73 Å². The lowest BCUT2D eigenvalue weighted by atomic mass is 10.0. The molecule has 1 heterocycles. The zero-order chi connectivity index (χ0) is 13.8. The number of hydrogen-bond acceptors (Lipinski definition) is 4. The highest BCUT2D eigenvalue weighted by molar-refractivity contribution is 7.98. The summed E-state index contributed by atoms with van der Waals surface area (Å²) in [5, 5.41) is 0. The van der Waals surface area contributed by atoms with Crippen LogP contribution >= 0.6 is 11.8 Å². The molecule has 2 atom stereocenters. The number of hydrogen-bond donors (Lipinski definition) is 1. The molecule has 2 unspecified atom stereocenters. The highest BCUT2D eigenvalue weighted by Crippen LogP contribution is 2.31. The van der Waals surface area contributed by atoms with Crippen LogP contribution < -0.4 is 10.5 Å². The lowest BCUT2D eigenvalue weighted by Crippen LogP contribution is -2.35. The van der Waals surface area contributed by atoms with E-state index in [1.807, 2.05) is 12.1 Å². The fourth-order valence-corrected chi connectivity index (χ4v) is 3.31. The predicted molar refractivity (Wildman–Crippen MR) is 79.8 cm³/mol. The van der Waals surface area contributed by atoms with E-state index in [1.165, 1.54) is 4.90 Å². The molecule has 0 saturated carbocycles. The maximum absolute atomic E-state index is 6.19. The first-order chi connectivity index (χ1) is 9.13.